The maximum Gasteiger partial charge on any atom is 0.249 e. The molecule has 0 bridgehead atoms. The average Bonchev–Trinajstić information content (AvgIpc) is 2.45. The third kappa shape index (κ3) is 2.89. The van der Waals surface area contributed by atoms with E-state index < -0.39 is 11.6 Å². The van der Waals surface area contributed by atoms with Gasteiger partial charge in [-0.2, -0.15) is 0 Å². The molecule has 1 aliphatic heterocycles. The van der Waals surface area contributed by atoms with E-state index in [0.29, 0.717) is 13.0 Å². The van der Waals surface area contributed by atoms with E-state index in [1.807, 2.05) is 20.8 Å². The Labute approximate surface area is 125 Å². The lowest BCUT2D eigenvalue weighted by Gasteiger charge is -2.45. The number of nitrogens with one attached hydrogen (secondary N) is 1. The summed E-state index contributed by atoms with van der Waals surface area (Å²) in [5.74, 6) is -0.109. The molecule has 2 heterocycles. The van der Waals surface area contributed by atoms with Crippen molar-refractivity contribution in [3.8, 4) is 0 Å². The van der Waals surface area contributed by atoms with Crippen LogP contribution in [0.5, 0.6) is 0 Å². The van der Waals surface area contributed by atoms with E-state index in [-0.39, 0.29) is 17.7 Å². The summed E-state index contributed by atoms with van der Waals surface area (Å²) in [5.41, 5.74) is -0.104. The average molecular weight is 290 g/mol. The normalized spacial score (nSPS) is 26.1. The van der Waals surface area contributed by atoms with Gasteiger partial charge in [0.1, 0.15) is 17.9 Å². The van der Waals surface area contributed by atoms with E-state index in [0.717, 1.165) is 5.69 Å². The SMILES string of the molecule is CCC1(C)NC(=O)C(C(C)C)N(Cc2ccncn2)C1=O. The lowest BCUT2D eigenvalue weighted by Crippen LogP contribution is -2.69. The fourth-order valence-corrected chi connectivity index (χ4v) is 2.64. The number of aromatic nitrogens is 2. The van der Waals surface area contributed by atoms with Crippen LogP contribution in [0.1, 0.15) is 39.8 Å². The molecule has 1 saturated heterocycles. The maximum atomic E-state index is 12.8. The molecule has 1 fully saturated rings. The van der Waals surface area contributed by atoms with E-state index in [2.05, 4.69) is 15.3 Å². The number of hydrogen-bond acceptors (Lipinski definition) is 4. The second-order valence-corrected chi connectivity index (χ2v) is 6.00. The predicted molar refractivity (Wildman–Crippen MR) is 78.0 cm³/mol. The molecule has 0 spiro atoms. The van der Waals surface area contributed by atoms with Gasteiger partial charge in [-0.15, -0.1) is 0 Å². The Morgan fingerprint density at radius 3 is 2.67 bits per heavy atom. The first-order valence-corrected chi connectivity index (χ1v) is 7.27. The van der Waals surface area contributed by atoms with Crippen LogP contribution < -0.4 is 5.32 Å². The molecule has 0 aliphatic carbocycles. The Balaban J connectivity index is 2.35. The quantitative estimate of drug-likeness (QED) is 0.902. The van der Waals surface area contributed by atoms with Crippen LogP contribution >= 0.6 is 0 Å². The fourth-order valence-electron chi connectivity index (χ4n) is 2.64. The van der Waals surface area contributed by atoms with Crippen molar-refractivity contribution >= 4 is 11.8 Å². The highest BCUT2D eigenvalue weighted by Gasteiger charge is 2.47. The standard InChI is InChI=1S/C15H22N4O2/c1-5-15(4)14(21)19(8-11-6-7-16-9-17-11)12(10(2)3)13(20)18-15/h6-7,9-10,12H,5,8H2,1-4H3,(H,18,20). The molecule has 1 aromatic rings. The highest BCUT2D eigenvalue weighted by molar-refractivity contribution is 5.99. The fraction of sp³-hybridized carbons (Fsp3) is 0.600. The van der Waals surface area contributed by atoms with Crippen molar-refractivity contribution in [1.29, 1.82) is 0 Å². The minimum Gasteiger partial charge on any atom is -0.340 e. The predicted octanol–water partition coefficient (Wildman–Crippen LogP) is 1.13. The highest BCUT2D eigenvalue weighted by Crippen LogP contribution is 2.26. The summed E-state index contributed by atoms with van der Waals surface area (Å²) in [5, 5.41) is 2.88. The largest absolute Gasteiger partial charge is 0.340 e. The van der Waals surface area contributed by atoms with E-state index in [1.54, 1.807) is 24.1 Å². The molecule has 1 aromatic heterocycles. The minimum absolute atomic E-state index is 0.0391. The number of amides is 2. The molecule has 2 unspecified atom stereocenters. The summed E-state index contributed by atoms with van der Waals surface area (Å²) in [7, 11) is 0. The van der Waals surface area contributed by atoms with Crippen molar-refractivity contribution in [2.24, 2.45) is 5.92 Å². The first-order valence-electron chi connectivity index (χ1n) is 7.27. The van der Waals surface area contributed by atoms with Gasteiger partial charge in [0.15, 0.2) is 0 Å². The van der Waals surface area contributed by atoms with Crippen molar-refractivity contribution in [2.75, 3.05) is 0 Å². The number of hydrogen-bond donors (Lipinski definition) is 1. The molecule has 21 heavy (non-hydrogen) atoms. The Morgan fingerprint density at radius 1 is 1.43 bits per heavy atom. The Morgan fingerprint density at radius 2 is 2.14 bits per heavy atom. The smallest absolute Gasteiger partial charge is 0.249 e. The molecular formula is C15H22N4O2. The molecule has 2 rings (SSSR count). The van der Waals surface area contributed by atoms with E-state index in [9.17, 15) is 9.59 Å². The molecule has 0 aromatic carbocycles. The van der Waals surface area contributed by atoms with Crippen LogP contribution in [-0.4, -0.2) is 38.3 Å². The van der Waals surface area contributed by atoms with Crippen molar-refractivity contribution in [3.05, 3.63) is 24.3 Å². The Bertz CT molecular complexity index is 532. The molecule has 6 heteroatoms. The van der Waals surface area contributed by atoms with Crippen molar-refractivity contribution < 1.29 is 9.59 Å². The zero-order valence-corrected chi connectivity index (χ0v) is 13.0. The van der Waals surface area contributed by atoms with E-state index >= 15 is 0 Å². The number of nitrogens with zero attached hydrogens (tertiary/aromatic N) is 3. The van der Waals surface area contributed by atoms with Gasteiger partial charge in [0, 0.05) is 6.20 Å². The Hall–Kier alpha value is -1.98. The summed E-state index contributed by atoms with van der Waals surface area (Å²) in [4.78, 5) is 34.9. The van der Waals surface area contributed by atoms with Gasteiger partial charge >= 0.3 is 0 Å². The lowest BCUT2D eigenvalue weighted by molar-refractivity contribution is -0.157. The minimum atomic E-state index is -0.838. The molecule has 1 aliphatic rings. The van der Waals surface area contributed by atoms with Crippen LogP contribution in [0.25, 0.3) is 0 Å². The van der Waals surface area contributed by atoms with Crippen molar-refractivity contribution in [3.63, 3.8) is 0 Å². The third-order valence-corrected chi connectivity index (χ3v) is 4.05. The Kier molecular flexibility index (Phi) is 4.25. The molecule has 2 amide bonds. The summed E-state index contributed by atoms with van der Waals surface area (Å²) in [6, 6.07) is 1.30. The number of piperazine rings is 1. The van der Waals surface area contributed by atoms with Gasteiger partial charge in [-0.05, 0) is 25.3 Å². The second kappa shape index (κ2) is 5.79. The molecule has 0 saturated carbocycles. The number of rotatable bonds is 4. The van der Waals surface area contributed by atoms with Crippen LogP contribution in [-0.2, 0) is 16.1 Å². The van der Waals surface area contributed by atoms with Gasteiger partial charge in [0.25, 0.3) is 0 Å². The molecule has 114 valence electrons. The molecule has 0 radical (unpaired) electrons. The van der Waals surface area contributed by atoms with Crippen LogP contribution in [0.4, 0.5) is 0 Å². The second-order valence-electron chi connectivity index (χ2n) is 6.00. The van der Waals surface area contributed by atoms with Crippen LogP contribution in [0.3, 0.4) is 0 Å². The first-order chi connectivity index (χ1) is 9.89. The first kappa shape index (κ1) is 15.4. The zero-order valence-electron chi connectivity index (χ0n) is 13.0. The van der Waals surface area contributed by atoms with Gasteiger partial charge in [-0.1, -0.05) is 20.8 Å². The monoisotopic (exact) mass is 290 g/mol. The maximum absolute atomic E-state index is 12.8. The number of carbonyl (C=O) groups is 2. The summed E-state index contributed by atoms with van der Waals surface area (Å²) in [6.45, 7) is 7.89. The van der Waals surface area contributed by atoms with Crippen LogP contribution in [0.15, 0.2) is 18.6 Å². The third-order valence-electron chi connectivity index (χ3n) is 4.05. The van der Waals surface area contributed by atoms with E-state index in [4.69, 9.17) is 0 Å². The number of carbonyl (C=O) groups excluding carboxylic acids is 2. The van der Waals surface area contributed by atoms with Crippen molar-refractivity contribution in [2.45, 2.75) is 52.2 Å². The van der Waals surface area contributed by atoms with Crippen LogP contribution in [0.2, 0.25) is 0 Å². The summed E-state index contributed by atoms with van der Waals surface area (Å²) in [6.07, 6.45) is 3.65. The topological polar surface area (TPSA) is 75.2 Å². The summed E-state index contributed by atoms with van der Waals surface area (Å²) >= 11 is 0. The molecule has 6 nitrogen and oxygen atoms in total. The lowest BCUT2D eigenvalue weighted by atomic mass is 9.88. The van der Waals surface area contributed by atoms with Gasteiger partial charge in [0.2, 0.25) is 11.8 Å². The highest BCUT2D eigenvalue weighted by atomic mass is 16.2. The molecular weight excluding hydrogens is 268 g/mol. The zero-order chi connectivity index (χ0) is 15.6. The molecule has 2 atom stereocenters. The van der Waals surface area contributed by atoms with Gasteiger partial charge < -0.3 is 10.2 Å². The van der Waals surface area contributed by atoms with Crippen LogP contribution in [0, 0.1) is 5.92 Å². The van der Waals surface area contributed by atoms with Gasteiger partial charge in [0.05, 0.1) is 12.2 Å². The molecule has 1 N–H and O–H groups in total. The van der Waals surface area contributed by atoms with Crippen molar-refractivity contribution in [1.82, 2.24) is 20.2 Å². The van der Waals surface area contributed by atoms with Gasteiger partial charge in [-0.3, -0.25) is 9.59 Å². The van der Waals surface area contributed by atoms with E-state index in [1.165, 1.54) is 6.33 Å². The summed E-state index contributed by atoms with van der Waals surface area (Å²) < 4.78 is 0. The van der Waals surface area contributed by atoms with Gasteiger partial charge in [-0.25, -0.2) is 9.97 Å².